The lowest BCUT2D eigenvalue weighted by Crippen LogP contribution is -1.97. The summed E-state index contributed by atoms with van der Waals surface area (Å²) in [6, 6.07) is 10.8. The molecule has 106 valence electrons. The number of aryl methyl sites for hydroxylation is 1. The van der Waals surface area contributed by atoms with E-state index in [1.807, 2.05) is 31.2 Å². The molecule has 4 nitrogen and oxygen atoms in total. The number of phenolic OH excluding ortho intramolecular Hbond substituents is 1. The number of methoxy groups -OCH3 is 2. The molecular weight excluding hydrogens is 256 g/mol. The zero-order valence-electron chi connectivity index (χ0n) is 11.8. The van der Waals surface area contributed by atoms with Crippen molar-refractivity contribution < 1.29 is 19.3 Å². The third kappa shape index (κ3) is 3.35. The molecule has 2 aromatic rings. The lowest BCUT2D eigenvalue weighted by molar-refractivity contribution is 0.302. The minimum absolute atomic E-state index is 0.201. The lowest BCUT2D eigenvalue weighted by Gasteiger charge is -2.11. The molecule has 0 aliphatic heterocycles. The molecule has 0 saturated carbocycles. The van der Waals surface area contributed by atoms with Crippen LogP contribution in [0.1, 0.15) is 11.1 Å². The van der Waals surface area contributed by atoms with E-state index in [-0.39, 0.29) is 5.75 Å². The molecule has 2 aromatic carbocycles. The summed E-state index contributed by atoms with van der Waals surface area (Å²) in [5, 5.41) is 9.53. The summed E-state index contributed by atoms with van der Waals surface area (Å²) >= 11 is 0. The average molecular weight is 274 g/mol. The Morgan fingerprint density at radius 3 is 2.35 bits per heavy atom. The van der Waals surface area contributed by atoms with E-state index < -0.39 is 0 Å². The van der Waals surface area contributed by atoms with Gasteiger partial charge in [0.2, 0.25) is 0 Å². The predicted molar refractivity (Wildman–Crippen MR) is 76.7 cm³/mol. The summed E-state index contributed by atoms with van der Waals surface area (Å²) in [6.07, 6.45) is 0. The van der Waals surface area contributed by atoms with Gasteiger partial charge in [0.25, 0.3) is 0 Å². The van der Waals surface area contributed by atoms with Gasteiger partial charge in [-0.15, -0.1) is 0 Å². The highest BCUT2D eigenvalue weighted by atomic mass is 16.5. The summed E-state index contributed by atoms with van der Waals surface area (Å²) in [6.45, 7) is 2.30. The smallest absolute Gasteiger partial charge is 0.161 e. The van der Waals surface area contributed by atoms with Gasteiger partial charge < -0.3 is 19.3 Å². The van der Waals surface area contributed by atoms with Crippen molar-refractivity contribution in [1.82, 2.24) is 0 Å². The summed E-state index contributed by atoms with van der Waals surface area (Å²) in [5.74, 6) is 2.19. The Hall–Kier alpha value is -2.36. The van der Waals surface area contributed by atoms with Gasteiger partial charge in [0, 0.05) is 6.07 Å². The van der Waals surface area contributed by atoms with Gasteiger partial charge in [-0.1, -0.05) is 6.07 Å². The van der Waals surface area contributed by atoms with Gasteiger partial charge in [0.05, 0.1) is 14.2 Å². The highest BCUT2D eigenvalue weighted by molar-refractivity contribution is 5.43. The zero-order chi connectivity index (χ0) is 14.5. The average Bonchev–Trinajstić information content (AvgIpc) is 2.43. The van der Waals surface area contributed by atoms with Crippen LogP contribution >= 0.6 is 0 Å². The number of phenols is 1. The standard InChI is InChI=1S/C16H18O4/c1-11-6-13(17)9-14(7-11)20-10-12-4-5-15(18-2)16(8-12)19-3/h4-9,17H,10H2,1-3H3. The van der Waals surface area contributed by atoms with Crippen LogP contribution in [0.4, 0.5) is 0 Å². The minimum Gasteiger partial charge on any atom is -0.508 e. The molecule has 0 heterocycles. The topological polar surface area (TPSA) is 47.9 Å². The van der Waals surface area contributed by atoms with Crippen LogP contribution in [0, 0.1) is 6.92 Å². The molecule has 0 amide bonds. The Morgan fingerprint density at radius 2 is 1.70 bits per heavy atom. The van der Waals surface area contributed by atoms with Crippen LogP contribution in [0.25, 0.3) is 0 Å². The molecule has 20 heavy (non-hydrogen) atoms. The Kier molecular flexibility index (Phi) is 4.35. The van der Waals surface area contributed by atoms with E-state index in [1.54, 1.807) is 26.4 Å². The number of benzene rings is 2. The van der Waals surface area contributed by atoms with Gasteiger partial charge in [-0.05, 0) is 42.3 Å². The largest absolute Gasteiger partial charge is 0.508 e. The molecule has 2 rings (SSSR count). The van der Waals surface area contributed by atoms with E-state index >= 15 is 0 Å². The summed E-state index contributed by atoms with van der Waals surface area (Å²) in [7, 11) is 3.20. The van der Waals surface area contributed by atoms with Gasteiger partial charge in [0.15, 0.2) is 11.5 Å². The molecule has 0 atom stereocenters. The zero-order valence-corrected chi connectivity index (χ0v) is 11.8. The molecule has 0 saturated heterocycles. The van der Waals surface area contributed by atoms with Crippen molar-refractivity contribution in [3.8, 4) is 23.0 Å². The monoisotopic (exact) mass is 274 g/mol. The number of ether oxygens (including phenoxy) is 3. The van der Waals surface area contributed by atoms with Gasteiger partial charge in [-0.2, -0.15) is 0 Å². The molecule has 0 aromatic heterocycles. The highest BCUT2D eigenvalue weighted by Crippen LogP contribution is 2.28. The van der Waals surface area contributed by atoms with Crippen molar-refractivity contribution in [3.05, 3.63) is 47.5 Å². The van der Waals surface area contributed by atoms with Crippen molar-refractivity contribution in [3.63, 3.8) is 0 Å². The first-order chi connectivity index (χ1) is 9.62. The minimum atomic E-state index is 0.201. The van der Waals surface area contributed by atoms with Crippen LogP contribution in [0.3, 0.4) is 0 Å². The molecule has 0 radical (unpaired) electrons. The lowest BCUT2D eigenvalue weighted by atomic mass is 10.2. The summed E-state index contributed by atoms with van der Waals surface area (Å²) < 4.78 is 16.1. The summed E-state index contributed by atoms with van der Waals surface area (Å²) in [5.41, 5.74) is 1.91. The van der Waals surface area contributed by atoms with E-state index in [9.17, 15) is 5.11 Å². The van der Waals surface area contributed by atoms with Crippen molar-refractivity contribution in [1.29, 1.82) is 0 Å². The van der Waals surface area contributed by atoms with Crippen molar-refractivity contribution in [2.45, 2.75) is 13.5 Å². The number of hydrogen-bond donors (Lipinski definition) is 1. The highest BCUT2D eigenvalue weighted by Gasteiger charge is 2.05. The van der Waals surface area contributed by atoms with Gasteiger partial charge in [-0.3, -0.25) is 0 Å². The number of hydrogen-bond acceptors (Lipinski definition) is 4. The van der Waals surface area contributed by atoms with Crippen LogP contribution in [0.5, 0.6) is 23.0 Å². The molecule has 0 spiro atoms. The van der Waals surface area contributed by atoms with E-state index in [0.717, 1.165) is 11.1 Å². The second-order valence-electron chi connectivity index (χ2n) is 4.48. The van der Waals surface area contributed by atoms with Crippen LogP contribution in [0.2, 0.25) is 0 Å². The second-order valence-corrected chi connectivity index (χ2v) is 4.48. The van der Waals surface area contributed by atoms with Crippen LogP contribution in [0.15, 0.2) is 36.4 Å². The Balaban J connectivity index is 2.10. The number of aromatic hydroxyl groups is 1. The van der Waals surface area contributed by atoms with E-state index in [0.29, 0.717) is 23.9 Å². The van der Waals surface area contributed by atoms with Crippen LogP contribution in [-0.2, 0) is 6.61 Å². The van der Waals surface area contributed by atoms with Gasteiger partial charge >= 0.3 is 0 Å². The maximum atomic E-state index is 9.53. The molecule has 0 aliphatic carbocycles. The maximum absolute atomic E-state index is 9.53. The van der Waals surface area contributed by atoms with Gasteiger partial charge in [-0.25, -0.2) is 0 Å². The molecule has 4 heteroatoms. The molecule has 0 bridgehead atoms. The fourth-order valence-corrected chi connectivity index (χ4v) is 1.95. The fraction of sp³-hybridized carbons (Fsp3) is 0.250. The molecular formula is C16H18O4. The Bertz CT molecular complexity index is 573. The second kappa shape index (κ2) is 6.19. The van der Waals surface area contributed by atoms with Crippen LogP contribution in [-0.4, -0.2) is 19.3 Å². The molecule has 1 N–H and O–H groups in total. The summed E-state index contributed by atoms with van der Waals surface area (Å²) in [4.78, 5) is 0. The quantitative estimate of drug-likeness (QED) is 0.908. The van der Waals surface area contributed by atoms with Crippen LogP contribution < -0.4 is 14.2 Å². The van der Waals surface area contributed by atoms with Gasteiger partial charge in [0.1, 0.15) is 18.1 Å². The van der Waals surface area contributed by atoms with Crippen molar-refractivity contribution in [2.24, 2.45) is 0 Å². The normalized spacial score (nSPS) is 10.2. The third-order valence-corrected chi connectivity index (χ3v) is 2.89. The SMILES string of the molecule is COc1ccc(COc2cc(C)cc(O)c2)cc1OC. The third-order valence-electron chi connectivity index (χ3n) is 2.89. The Morgan fingerprint density at radius 1 is 0.950 bits per heavy atom. The maximum Gasteiger partial charge on any atom is 0.161 e. The first kappa shape index (κ1) is 14.1. The molecule has 0 unspecified atom stereocenters. The first-order valence-electron chi connectivity index (χ1n) is 6.26. The number of rotatable bonds is 5. The van der Waals surface area contributed by atoms with E-state index in [1.165, 1.54) is 0 Å². The fourth-order valence-electron chi connectivity index (χ4n) is 1.95. The molecule has 0 aliphatic rings. The first-order valence-corrected chi connectivity index (χ1v) is 6.26. The molecule has 0 fully saturated rings. The van der Waals surface area contributed by atoms with Crippen molar-refractivity contribution >= 4 is 0 Å². The Labute approximate surface area is 118 Å². The van der Waals surface area contributed by atoms with E-state index in [2.05, 4.69) is 0 Å². The van der Waals surface area contributed by atoms with E-state index in [4.69, 9.17) is 14.2 Å². The predicted octanol–water partition coefficient (Wildman–Crippen LogP) is 3.30. The van der Waals surface area contributed by atoms with Crippen molar-refractivity contribution in [2.75, 3.05) is 14.2 Å².